The molecule has 0 aromatic carbocycles. The summed E-state index contributed by atoms with van der Waals surface area (Å²) in [5, 5.41) is 0. The monoisotopic (exact) mass is 536 g/mol. The summed E-state index contributed by atoms with van der Waals surface area (Å²) in [5.74, 6) is -0.321. The Morgan fingerprint density at radius 3 is 1.61 bits per heavy atom. The number of quaternary nitrogens is 1. The van der Waals surface area contributed by atoms with Crippen molar-refractivity contribution in [2.45, 2.75) is 136 Å². The average Bonchev–Trinajstić information content (AvgIpc) is 2.81. The third kappa shape index (κ3) is 25.2. The SMILES string of the molecule is CCCCCCCCCCCCCCCCCCC(COP(=O)(O)OCC[N+](C)(C)C)OC(=O)CC. The van der Waals surface area contributed by atoms with Gasteiger partial charge in [-0.2, -0.15) is 0 Å². The number of hydrogen-bond donors (Lipinski definition) is 1. The number of hydrogen-bond acceptors (Lipinski definition) is 5. The first-order valence-corrected chi connectivity index (χ1v) is 16.2. The van der Waals surface area contributed by atoms with E-state index in [1.54, 1.807) is 6.92 Å². The number of phosphoric ester groups is 1. The van der Waals surface area contributed by atoms with Crippen LogP contribution >= 0.6 is 7.82 Å². The molecule has 7 nitrogen and oxygen atoms in total. The molecule has 2 unspecified atom stereocenters. The highest BCUT2D eigenvalue weighted by molar-refractivity contribution is 7.47. The van der Waals surface area contributed by atoms with Crippen LogP contribution in [-0.2, 0) is 23.1 Å². The quantitative estimate of drug-likeness (QED) is 0.0526. The van der Waals surface area contributed by atoms with Crippen molar-refractivity contribution in [3.63, 3.8) is 0 Å². The second-order valence-corrected chi connectivity index (χ2v) is 12.6. The summed E-state index contributed by atoms with van der Waals surface area (Å²) in [5.41, 5.74) is 0. The lowest BCUT2D eigenvalue weighted by Crippen LogP contribution is -2.37. The first-order chi connectivity index (χ1) is 17.1. The summed E-state index contributed by atoms with van der Waals surface area (Å²) < 4.78 is 28.4. The molecule has 0 aliphatic carbocycles. The summed E-state index contributed by atoms with van der Waals surface area (Å²) >= 11 is 0. The fourth-order valence-corrected chi connectivity index (χ4v) is 4.75. The van der Waals surface area contributed by atoms with Gasteiger partial charge in [0.05, 0.1) is 27.7 Å². The lowest BCUT2D eigenvalue weighted by molar-refractivity contribution is -0.870. The Bertz CT molecular complexity index is 567. The van der Waals surface area contributed by atoms with E-state index in [0.29, 0.717) is 17.4 Å². The highest BCUT2D eigenvalue weighted by Gasteiger charge is 2.25. The predicted molar refractivity (Wildman–Crippen MR) is 149 cm³/mol. The van der Waals surface area contributed by atoms with E-state index in [4.69, 9.17) is 13.8 Å². The van der Waals surface area contributed by atoms with Crippen molar-refractivity contribution in [3.8, 4) is 0 Å². The lowest BCUT2D eigenvalue weighted by Gasteiger charge is -2.24. The lowest BCUT2D eigenvalue weighted by atomic mass is 10.0. The molecule has 0 spiro atoms. The molecule has 0 saturated carbocycles. The van der Waals surface area contributed by atoms with Gasteiger partial charge in [0.15, 0.2) is 0 Å². The van der Waals surface area contributed by atoms with Gasteiger partial charge in [-0.05, 0) is 12.8 Å². The number of carbonyl (C=O) groups excluding carboxylic acids is 1. The van der Waals surface area contributed by atoms with Crippen LogP contribution in [0.1, 0.15) is 129 Å². The standard InChI is InChI=1S/C28H58NO6P/c1-6-8-9-10-11-12-13-14-15-16-17-18-19-20-21-22-23-27(35-28(30)7-2)26-34-36(31,32)33-25-24-29(3,4)5/h27H,6-26H2,1-5H3/p+1. The minimum absolute atomic E-state index is 0.121. The molecule has 0 aromatic rings. The molecule has 8 heteroatoms. The number of nitrogens with zero attached hydrogens (tertiary/aromatic N) is 1. The second-order valence-electron chi connectivity index (χ2n) is 11.2. The van der Waals surface area contributed by atoms with Crippen LogP contribution in [0.2, 0.25) is 0 Å². The van der Waals surface area contributed by atoms with E-state index in [-0.39, 0.29) is 25.6 Å². The zero-order valence-corrected chi connectivity index (χ0v) is 25.2. The van der Waals surface area contributed by atoms with E-state index >= 15 is 0 Å². The van der Waals surface area contributed by atoms with Gasteiger partial charge in [-0.15, -0.1) is 0 Å². The molecule has 0 heterocycles. The van der Waals surface area contributed by atoms with Crippen LogP contribution in [0, 0.1) is 0 Å². The van der Waals surface area contributed by atoms with Gasteiger partial charge < -0.3 is 14.1 Å². The van der Waals surface area contributed by atoms with Crippen molar-refractivity contribution in [2.24, 2.45) is 0 Å². The maximum Gasteiger partial charge on any atom is 0.472 e. The van der Waals surface area contributed by atoms with Crippen molar-refractivity contribution in [1.82, 2.24) is 0 Å². The van der Waals surface area contributed by atoms with Gasteiger partial charge in [0, 0.05) is 6.42 Å². The number of carbonyl (C=O) groups is 1. The summed E-state index contributed by atoms with van der Waals surface area (Å²) in [6, 6.07) is 0. The van der Waals surface area contributed by atoms with Crippen molar-refractivity contribution < 1.29 is 32.5 Å². The van der Waals surface area contributed by atoms with Gasteiger partial charge in [0.1, 0.15) is 19.3 Å². The van der Waals surface area contributed by atoms with Gasteiger partial charge in [-0.3, -0.25) is 13.8 Å². The Labute approximate surface area is 222 Å². The van der Waals surface area contributed by atoms with E-state index < -0.39 is 13.9 Å². The maximum atomic E-state index is 12.1. The molecule has 0 aliphatic rings. The molecule has 0 amide bonds. The Morgan fingerprint density at radius 2 is 1.19 bits per heavy atom. The first kappa shape index (κ1) is 35.5. The molecule has 1 N–H and O–H groups in total. The molecule has 0 saturated heterocycles. The van der Waals surface area contributed by atoms with Gasteiger partial charge in [0.25, 0.3) is 0 Å². The molecule has 0 radical (unpaired) electrons. The van der Waals surface area contributed by atoms with E-state index in [2.05, 4.69) is 6.92 Å². The Kier molecular flexibility index (Phi) is 22.2. The molecule has 0 aromatic heterocycles. The van der Waals surface area contributed by atoms with E-state index in [1.807, 2.05) is 21.1 Å². The third-order valence-corrected chi connectivity index (χ3v) is 7.39. The van der Waals surface area contributed by atoms with Crippen LogP contribution in [0.4, 0.5) is 0 Å². The van der Waals surface area contributed by atoms with Gasteiger partial charge >= 0.3 is 13.8 Å². The molecule has 0 bridgehead atoms. The third-order valence-electron chi connectivity index (χ3n) is 6.41. The first-order valence-electron chi connectivity index (χ1n) is 14.7. The minimum atomic E-state index is -4.16. The number of unbranched alkanes of at least 4 members (excludes halogenated alkanes) is 15. The predicted octanol–water partition coefficient (Wildman–Crippen LogP) is 7.80. The molecular formula is C28H59NO6P+. The minimum Gasteiger partial charge on any atom is -0.460 e. The van der Waals surface area contributed by atoms with Gasteiger partial charge in [-0.25, -0.2) is 4.57 Å². The van der Waals surface area contributed by atoms with Crippen molar-refractivity contribution in [3.05, 3.63) is 0 Å². The van der Waals surface area contributed by atoms with Crippen molar-refractivity contribution in [2.75, 3.05) is 40.9 Å². The van der Waals surface area contributed by atoms with Gasteiger partial charge in [-0.1, -0.05) is 110 Å². The van der Waals surface area contributed by atoms with E-state index in [1.165, 1.54) is 89.9 Å². The summed E-state index contributed by atoms with van der Waals surface area (Å²) in [7, 11) is 1.77. The Hall–Kier alpha value is -0.460. The largest absolute Gasteiger partial charge is 0.472 e. The molecule has 0 fully saturated rings. The zero-order valence-electron chi connectivity index (χ0n) is 24.3. The van der Waals surface area contributed by atoms with Crippen LogP contribution in [-0.4, -0.2) is 62.4 Å². The number of esters is 1. The highest BCUT2D eigenvalue weighted by Crippen LogP contribution is 2.43. The zero-order chi connectivity index (χ0) is 27.1. The number of ether oxygens (including phenoxy) is 1. The number of likely N-dealkylation sites (N-methyl/N-ethyl adjacent to an activating group) is 1. The van der Waals surface area contributed by atoms with Crippen LogP contribution in [0.3, 0.4) is 0 Å². The van der Waals surface area contributed by atoms with E-state index in [9.17, 15) is 14.3 Å². The molecule has 36 heavy (non-hydrogen) atoms. The normalized spacial score (nSPS) is 14.5. The van der Waals surface area contributed by atoms with Crippen LogP contribution in [0.5, 0.6) is 0 Å². The van der Waals surface area contributed by atoms with Crippen molar-refractivity contribution in [1.29, 1.82) is 0 Å². The Balaban J connectivity index is 3.88. The van der Waals surface area contributed by atoms with Gasteiger partial charge in [0.2, 0.25) is 0 Å². The molecule has 2 atom stereocenters. The number of phosphoric acid groups is 1. The topological polar surface area (TPSA) is 82.1 Å². The summed E-state index contributed by atoms with van der Waals surface area (Å²) in [6.45, 7) is 4.59. The highest BCUT2D eigenvalue weighted by atomic mass is 31.2. The maximum absolute atomic E-state index is 12.1. The fourth-order valence-electron chi connectivity index (χ4n) is 4.01. The van der Waals surface area contributed by atoms with Crippen LogP contribution < -0.4 is 0 Å². The summed E-state index contributed by atoms with van der Waals surface area (Å²) in [4.78, 5) is 21.7. The number of rotatable bonds is 26. The summed E-state index contributed by atoms with van der Waals surface area (Å²) in [6.07, 6.45) is 21.2. The van der Waals surface area contributed by atoms with Crippen LogP contribution in [0.25, 0.3) is 0 Å². The second kappa shape index (κ2) is 22.5. The van der Waals surface area contributed by atoms with Crippen LogP contribution in [0.15, 0.2) is 0 Å². The molecule has 0 rings (SSSR count). The average molecular weight is 537 g/mol. The molecule has 0 aliphatic heterocycles. The fraction of sp³-hybridized carbons (Fsp3) is 0.964. The van der Waals surface area contributed by atoms with Crippen molar-refractivity contribution >= 4 is 13.8 Å². The molecule has 216 valence electrons. The smallest absolute Gasteiger partial charge is 0.460 e. The Morgan fingerprint density at radius 1 is 0.750 bits per heavy atom. The molecular weight excluding hydrogens is 477 g/mol. The van der Waals surface area contributed by atoms with E-state index in [0.717, 1.165) is 12.8 Å².